The van der Waals surface area contributed by atoms with Gasteiger partial charge < -0.3 is 14.8 Å². The van der Waals surface area contributed by atoms with Crippen LogP contribution in [-0.2, 0) is 13.0 Å². The normalized spacial score (nSPS) is 34.5. The highest BCUT2D eigenvalue weighted by atomic mass is 15.3. The maximum absolute atomic E-state index is 4.40. The molecule has 19 heavy (non-hydrogen) atoms. The molecule has 5 heterocycles. The summed E-state index contributed by atoms with van der Waals surface area (Å²) in [4.78, 5) is 2.60. The molecule has 104 valence electrons. The van der Waals surface area contributed by atoms with Crippen molar-refractivity contribution in [3.8, 4) is 0 Å². The zero-order valence-corrected chi connectivity index (χ0v) is 11.7. The van der Waals surface area contributed by atoms with E-state index in [9.17, 15) is 0 Å². The van der Waals surface area contributed by atoms with Crippen LogP contribution >= 0.6 is 0 Å². The third-order valence-corrected chi connectivity index (χ3v) is 5.15. The van der Waals surface area contributed by atoms with Gasteiger partial charge in [-0.15, -0.1) is 10.2 Å². The topological polar surface area (TPSA) is 46.0 Å². The SMILES string of the molecule is CC(NC1CN2CCC1CC2)c1nnc2n1CCC2. The third-order valence-electron chi connectivity index (χ3n) is 5.15. The van der Waals surface area contributed by atoms with Crippen LogP contribution in [0.15, 0.2) is 0 Å². The van der Waals surface area contributed by atoms with Crippen LogP contribution in [0.25, 0.3) is 0 Å². The molecule has 2 atom stereocenters. The van der Waals surface area contributed by atoms with E-state index in [2.05, 4.69) is 31.9 Å². The van der Waals surface area contributed by atoms with Gasteiger partial charge in [-0.1, -0.05) is 0 Å². The predicted octanol–water partition coefficient (Wildman–Crippen LogP) is 0.969. The zero-order chi connectivity index (χ0) is 12.8. The molecule has 0 spiro atoms. The van der Waals surface area contributed by atoms with Crippen molar-refractivity contribution in [1.82, 2.24) is 25.0 Å². The number of rotatable bonds is 3. The molecule has 0 amide bonds. The van der Waals surface area contributed by atoms with E-state index in [0.29, 0.717) is 12.1 Å². The van der Waals surface area contributed by atoms with Gasteiger partial charge in [0.05, 0.1) is 6.04 Å². The van der Waals surface area contributed by atoms with E-state index >= 15 is 0 Å². The number of nitrogens with one attached hydrogen (secondary N) is 1. The molecule has 1 aromatic heterocycles. The highest BCUT2D eigenvalue weighted by molar-refractivity contribution is 5.05. The third kappa shape index (κ3) is 1.99. The van der Waals surface area contributed by atoms with Crippen LogP contribution in [0.1, 0.15) is 43.9 Å². The predicted molar refractivity (Wildman–Crippen MR) is 72.8 cm³/mol. The number of hydrogen-bond acceptors (Lipinski definition) is 4. The Bertz CT molecular complexity index is 460. The highest BCUT2D eigenvalue weighted by Crippen LogP contribution is 2.29. The molecule has 2 bridgehead atoms. The van der Waals surface area contributed by atoms with Gasteiger partial charge in [0.15, 0.2) is 0 Å². The maximum atomic E-state index is 4.40. The molecule has 1 N–H and O–H groups in total. The molecule has 3 fully saturated rings. The highest BCUT2D eigenvalue weighted by Gasteiger charge is 2.35. The molecule has 2 unspecified atom stereocenters. The van der Waals surface area contributed by atoms with Crippen molar-refractivity contribution < 1.29 is 0 Å². The number of hydrogen-bond donors (Lipinski definition) is 1. The van der Waals surface area contributed by atoms with Gasteiger partial charge in [-0.25, -0.2) is 0 Å². The molecule has 0 aromatic carbocycles. The van der Waals surface area contributed by atoms with Crippen molar-refractivity contribution >= 4 is 0 Å². The van der Waals surface area contributed by atoms with Crippen LogP contribution in [0.2, 0.25) is 0 Å². The minimum atomic E-state index is 0.324. The second kappa shape index (κ2) is 4.56. The summed E-state index contributed by atoms with van der Waals surface area (Å²) < 4.78 is 2.32. The molecule has 4 aliphatic heterocycles. The van der Waals surface area contributed by atoms with Crippen molar-refractivity contribution in [2.45, 2.75) is 51.2 Å². The molecule has 5 heteroatoms. The Morgan fingerprint density at radius 1 is 1.21 bits per heavy atom. The lowest BCUT2D eigenvalue weighted by molar-refractivity contribution is 0.0673. The van der Waals surface area contributed by atoms with Crippen molar-refractivity contribution in [3.63, 3.8) is 0 Å². The number of fused-ring (bicyclic) bond motifs is 4. The minimum Gasteiger partial charge on any atom is -0.314 e. The molecule has 0 radical (unpaired) electrons. The fourth-order valence-electron chi connectivity index (χ4n) is 4.04. The Balaban J connectivity index is 1.47. The Labute approximate surface area is 114 Å². The molecule has 0 saturated carbocycles. The van der Waals surface area contributed by atoms with Crippen LogP contribution in [0.5, 0.6) is 0 Å². The number of piperidine rings is 3. The summed E-state index contributed by atoms with van der Waals surface area (Å²) in [6.07, 6.45) is 5.05. The largest absolute Gasteiger partial charge is 0.314 e. The molecule has 5 rings (SSSR count). The maximum Gasteiger partial charge on any atom is 0.149 e. The van der Waals surface area contributed by atoms with E-state index in [4.69, 9.17) is 0 Å². The molecular weight excluding hydrogens is 238 g/mol. The Kier molecular flexibility index (Phi) is 2.84. The van der Waals surface area contributed by atoms with Crippen LogP contribution < -0.4 is 5.32 Å². The minimum absolute atomic E-state index is 0.324. The zero-order valence-electron chi connectivity index (χ0n) is 11.7. The number of aromatic nitrogens is 3. The fraction of sp³-hybridized carbons (Fsp3) is 0.857. The molecule has 1 aromatic rings. The summed E-state index contributed by atoms with van der Waals surface area (Å²) in [6.45, 7) is 7.17. The first-order valence-corrected chi connectivity index (χ1v) is 7.71. The number of nitrogens with zero attached hydrogens (tertiary/aromatic N) is 4. The second-order valence-electron chi connectivity index (χ2n) is 6.36. The summed E-state index contributed by atoms with van der Waals surface area (Å²) >= 11 is 0. The van der Waals surface area contributed by atoms with Crippen LogP contribution in [0.3, 0.4) is 0 Å². The van der Waals surface area contributed by atoms with Crippen LogP contribution in [0, 0.1) is 5.92 Å². The van der Waals surface area contributed by atoms with Gasteiger partial charge in [-0.05, 0) is 45.2 Å². The van der Waals surface area contributed by atoms with E-state index in [0.717, 1.165) is 24.7 Å². The average molecular weight is 261 g/mol. The fourth-order valence-corrected chi connectivity index (χ4v) is 4.04. The Morgan fingerprint density at radius 3 is 2.79 bits per heavy atom. The van der Waals surface area contributed by atoms with Gasteiger partial charge in [0.1, 0.15) is 11.6 Å². The lowest BCUT2D eigenvalue weighted by Gasteiger charge is -2.45. The molecule has 3 saturated heterocycles. The first-order chi connectivity index (χ1) is 9.31. The summed E-state index contributed by atoms with van der Waals surface area (Å²) in [7, 11) is 0. The van der Waals surface area contributed by atoms with Crippen molar-refractivity contribution in [3.05, 3.63) is 11.6 Å². The first-order valence-electron chi connectivity index (χ1n) is 7.71. The summed E-state index contributed by atoms with van der Waals surface area (Å²) in [6, 6.07) is 0.969. The summed E-state index contributed by atoms with van der Waals surface area (Å²) in [5.74, 6) is 3.19. The van der Waals surface area contributed by atoms with Gasteiger partial charge in [0, 0.05) is 25.6 Å². The van der Waals surface area contributed by atoms with E-state index < -0.39 is 0 Å². The lowest BCUT2D eigenvalue weighted by Crippen LogP contribution is -2.56. The average Bonchev–Trinajstić information content (AvgIpc) is 3.02. The smallest absolute Gasteiger partial charge is 0.149 e. The summed E-state index contributed by atoms with van der Waals surface area (Å²) in [5, 5.41) is 12.5. The van der Waals surface area contributed by atoms with E-state index in [1.54, 1.807) is 0 Å². The molecule has 4 aliphatic rings. The Morgan fingerprint density at radius 2 is 2.05 bits per heavy atom. The van der Waals surface area contributed by atoms with Gasteiger partial charge >= 0.3 is 0 Å². The number of aryl methyl sites for hydroxylation is 1. The van der Waals surface area contributed by atoms with E-state index in [1.807, 2.05) is 0 Å². The van der Waals surface area contributed by atoms with Gasteiger partial charge in [0.2, 0.25) is 0 Å². The quantitative estimate of drug-likeness (QED) is 0.880. The lowest BCUT2D eigenvalue weighted by atomic mass is 9.83. The van der Waals surface area contributed by atoms with E-state index in [1.165, 1.54) is 44.7 Å². The molecule has 5 nitrogen and oxygen atoms in total. The van der Waals surface area contributed by atoms with E-state index in [-0.39, 0.29) is 0 Å². The van der Waals surface area contributed by atoms with Gasteiger partial charge in [-0.3, -0.25) is 0 Å². The van der Waals surface area contributed by atoms with Crippen molar-refractivity contribution in [2.24, 2.45) is 5.92 Å². The van der Waals surface area contributed by atoms with Crippen molar-refractivity contribution in [2.75, 3.05) is 19.6 Å². The Hall–Kier alpha value is -0.940. The van der Waals surface area contributed by atoms with Crippen LogP contribution in [-0.4, -0.2) is 45.3 Å². The van der Waals surface area contributed by atoms with Crippen LogP contribution in [0.4, 0.5) is 0 Å². The monoisotopic (exact) mass is 261 g/mol. The summed E-state index contributed by atoms with van der Waals surface area (Å²) in [5.41, 5.74) is 0. The van der Waals surface area contributed by atoms with Gasteiger partial charge in [-0.2, -0.15) is 0 Å². The van der Waals surface area contributed by atoms with Gasteiger partial charge in [0.25, 0.3) is 0 Å². The van der Waals surface area contributed by atoms with Crippen molar-refractivity contribution in [1.29, 1.82) is 0 Å². The molecule has 0 aliphatic carbocycles. The first kappa shape index (κ1) is 11.9. The molecular formula is C14H23N5. The standard InChI is InChI=1S/C14H23N5/c1-10(14-17-16-13-3-2-6-19(13)14)15-12-9-18-7-4-11(12)5-8-18/h10-12,15H,2-9H2,1H3. The second-order valence-corrected chi connectivity index (χ2v) is 6.36.